The van der Waals surface area contributed by atoms with Gasteiger partial charge < -0.3 is 4.90 Å². The van der Waals surface area contributed by atoms with Crippen LogP contribution in [0.5, 0.6) is 0 Å². The Morgan fingerprint density at radius 2 is 1.70 bits per heavy atom. The van der Waals surface area contributed by atoms with E-state index in [1.807, 2.05) is 30.3 Å². The third kappa shape index (κ3) is 5.87. The number of halogens is 2. The first-order chi connectivity index (χ1) is 12.5. The van der Waals surface area contributed by atoms with Crippen LogP contribution in [-0.4, -0.2) is 34.0 Å². The van der Waals surface area contributed by atoms with Crippen LogP contribution in [0.4, 0.5) is 4.39 Å². The zero-order valence-corrected chi connectivity index (χ0v) is 17.7. The van der Waals surface area contributed by atoms with Gasteiger partial charge in [0.05, 0.1) is 10.8 Å². The van der Waals surface area contributed by atoms with E-state index < -0.39 is 10.8 Å². The highest BCUT2D eigenvalue weighted by Gasteiger charge is 2.26. The van der Waals surface area contributed by atoms with Crippen molar-refractivity contribution in [1.29, 1.82) is 0 Å². The van der Waals surface area contributed by atoms with Gasteiger partial charge in [0, 0.05) is 16.7 Å². The Balaban J connectivity index is 0.00000261. The van der Waals surface area contributed by atoms with Gasteiger partial charge in [0.25, 0.3) is 0 Å². The smallest absolute Gasteiger partial charge is 0.123 e. The van der Waals surface area contributed by atoms with Crippen molar-refractivity contribution < 1.29 is 8.60 Å². The van der Waals surface area contributed by atoms with E-state index in [1.165, 1.54) is 23.3 Å². The minimum atomic E-state index is -0.928. The highest BCUT2D eigenvalue weighted by molar-refractivity contribution is 7.85. The van der Waals surface area contributed by atoms with Crippen molar-refractivity contribution in [2.75, 3.05) is 19.6 Å². The Kier molecular flexibility index (Phi) is 8.46. The molecule has 2 nitrogen and oxygen atoms in total. The molecule has 0 saturated carbocycles. The molecule has 0 aromatic heterocycles. The number of hydrogen-bond acceptors (Lipinski definition) is 2. The molecule has 0 radical (unpaired) electrons. The van der Waals surface area contributed by atoms with Crippen molar-refractivity contribution in [3.8, 4) is 0 Å². The highest BCUT2D eigenvalue weighted by atomic mass is 35.5. The normalized spacial score (nSPS) is 16.9. The van der Waals surface area contributed by atoms with Crippen LogP contribution >= 0.6 is 12.4 Å². The highest BCUT2D eigenvalue weighted by Crippen LogP contribution is 2.27. The number of hydrogen-bond donors (Lipinski definition) is 0. The van der Waals surface area contributed by atoms with Crippen molar-refractivity contribution in [2.45, 2.75) is 49.2 Å². The predicted octanol–water partition coefficient (Wildman–Crippen LogP) is 5.19. The fourth-order valence-corrected chi connectivity index (χ4v) is 5.35. The molecule has 1 saturated heterocycles. The van der Waals surface area contributed by atoms with Crippen LogP contribution in [-0.2, 0) is 17.2 Å². The van der Waals surface area contributed by atoms with Gasteiger partial charge in [0.1, 0.15) is 5.82 Å². The summed E-state index contributed by atoms with van der Waals surface area (Å²) < 4.78 is 26.1. The van der Waals surface area contributed by atoms with Crippen molar-refractivity contribution in [1.82, 2.24) is 4.90 Å². The lowest BCUT2D eigenvalue weighted by Gasteiger charge is -2.32. The van der Waals surface area contributed by atoms with Crippen LogP contribution in [0.2, 0.25) is 0 Å². The number of nitrogens with zero attached hydrogens (tertiary/aromatic N) is 1. The Hall–Kier alpha value is -1.23. The molecule has 0 N–H and O–H groups in total. The molecule has 1 atom stereocenters. The quantitative estimate of drug-likeness (QED) is 0.654. The van der Waals surface area contributed by atoms with E-state index in [0.717, 1.165) is 43.8 Å². The van der Waals surface area contributed by atoms with Crippen LogP contribution in [0, 0.1) is 5.82 Å². The number of rotatable bonds is 6. The maximum absolute atomic E-state index is 13.1. The molecule has 2 aromatic rings. The molecule has 5 heteroatoms. The second-order valence-electron chi connectivity index (χ2n) is 7.41. The molecule has 1 unspecified atom stereocenters. The van der Waals surface area contributed by atoms with Gasteiger partial charge in [-0.25, -0.2) is 4.39 Å². The lowest BCUT2D eigenvalue weighted by atomic mass is 10.0. The first-order valence-electron chi connectivity index (χ1n) is 9.51. The summed E-state index contributed by atoms with van der Waals surface area (Å²) in [5, 5.41) is 0.247. The van der Waals surface area contributed by atoms with Crippen LogP contribution in [0.1, 0.15) is 43.7 Å². The summed E-state index contributed by atoms with van der Waals surface area (Å²) in [6.45, 7) is 7.28. The number of piperidine rings is 1. The van der Waals surface area contributed by atoms with E-state index in [0.29, 0.717) is 5.92 Å². The fraction of sp³-hybridized carbons (Fsp3) is 0.455. The van der Waals surface area contributed by atoms with Crippen LogP contribution < -0.4 is 0 Å². The molecular formula is C22H29ClFNOS. The number of likely N-dealkylation sites (tertiary alicyclic amines) is 1. The van der Waals surface area contributed by atoms with Gasteiger partial charge in [-0.15, -0.1) is 12.4 Å². The minimum Gasteiger partial charge on any atom is -0.303 e. The molecule has 0 aliphatic carbocycles. The molecule has 1 heterocycles. The maximum atomic E-state index is 13.1. The van der Waals surface area contributed by atoms with Gasteiger partial charge in [-0.05, 0) is 67.6 Å². The summed E-state index contributed by atoms with van der Waals surface area (Å²) >= 11 is 0. The average molecular weight is 410 g/mol. The Bertz CT molecular complexity index is 742. The molecular weight excluding hydrogens is 381 g/mol. The monoisotopic (exact) mass is 409 g/mol. The zero-order chi connectivity index (χ0) is 18.5. The summed E-state index contributed by atoms with van der Waals surface area (Å²) in [7, 11) is -0.928. The predicted molar refractivity (Wildman–Crippen MR) is 114 cm³/mol. The molecule has 148 valence electrons. The van der Waals surface area contributed by atoms with E-state index in [1.54, 1.807) is 0 Å². The maximum Gasteiger partial charge on any atom is 0.123 e. The lowest BCUT2D eigenvalue weighted by molar-refractivity contribution is 0.234. The summed E-state index contributed by atoms with van der Waals surface area (Å²) in [5.41, 5.74) is 2.38. The van der Waals surface area contributed by atoms with Crippen molar-refractivity contribution in [2.24, 2.45) is 0 Å². The second kappa shape index (κ2) is 10.4. The van der Waals surface area contributed by atoms with Crippen molar-refractivity contribution in [3.63, 3.8) is 0 Å². The average Bonchev–Trinajstić information content (AvgIpc) is 2.67. The first kappa shape index (κ1) is 22.1. The molecule has 27 heavy (non-hydrogen) atoms. The van der Waals surface area contributed by atoms with E-state index in [-0.39, 0.29) is 23.5 Å². The molecule has 2 aromatic carbocycles. The van der Waals surface area contributed by atoms with E-state index in [4.69, 9.17) is 0 Å². The molecule has 1 aliphatic rings. The summed E-state index contributed by atoms with van der Waals surface area (Å²) in [6, 6.07) is 14.9. The third-order valence-corrected chi connectivity index (χ3v) is 7.11. The lowest BCUT2D eigenvalue weighted by Crippen LogP contribution is -2.38. The molecule has 0 bridgehead atoms. The van der Waals surface area contributed by atoms with Crippen molar-refractivity contribution in [3.05, 3.63) is 65.5 Å². The topological polar surface area (TPSA) is 20.3 Å². The van der Waals surface area contributed by atoms with Gasteiger partial charge in [-0.2, -0.15) is 0 Å². The molecule has 1 aliphatic heterocycles. The minimum absolute atomic E-state index is 0. The number of benzene rings is 2. The van der Waals surface area contributed by atoms with E-state index in [2.05, 4.69) is 24.8 Å². The summed E-state index contributed by atoms with van der Waals surface area (Å²) in [5.74, 6) is 0.213. The van der Waals surface area contributed by atoms with Gasteiger partial charge in [0.15, 0.2) is 0 Å². The molecule has 1 fully saturated rings. The fourth-order valence-electron chi connectivity index (χ4n) is 3.61. The SMILES string of the molecule is CC(C)c1ccccc1S(=O)C1CCN(CCc2ccc(F)cc2)CC1.Cl. The molecule has 3 rings (SSSR count). The first-order valence-corrected chi connectivity index (χ1v) is 10.7. The van der Waals surface area contributed by atoms with E-state index in [9.17, 15) is 8.60 Å². The van der Waals surface area contributed by atoms with Crippen molar-refractivity contribution >= 4 is 23.2 Å². The zero-order valence-electron chi connectivity index (χ0n) is 16.1. The van der Waals surface area contributed by atoms with Crippen LogP contribution in [0.3, 0.4) is 0 Å². The molecule has 0 spiro atoms. The Labute approximate surface area is 171 Å². The largest absolute Gasteiger partial charge is 0.303 e. The summed E-state index contributed by atoms with van der Waals surface area (Å²) in [6.07, 6.45) is 2.88. The van der Waals surface area contributed by atoms with Crippen LogP contribution in [0.25, 0.3) is 0 Å². The second-order valence-corrected chi connectivity index (χ2v) is 9.11. The standard InChI is InChI=1S/C22H28FNOS.ClH/c1-17(2)21-5-3-4-6-22(21)26(25)20-12-15-24(16-13-20)14-11-18-7-9-19(23)10-8-18;/h3-10,17,20H,11-16H2,1-2H3;1H. The Morgan fingerprint density at radius 1 is 1.07 bits per heavy atom. The Morgan fingerprint density at radius 3 is 2.33 bits per heavy atom. The van der Waals surface area contributed by atoms with Gasteiger partial charge >= 0.3 is 0 Å². The third-order valence-electron chi connectivity index (χ3n) is 5.23. The summed E-state index contributed by atoms with van der Waals surface area (Å²) in [4.78, 5) is 3.46. The van der Waals surface area contributed by atoms with Gasteiger partial charge in [-0.3, -0.25) is 4.21 Å². The molecule has 0 amide bonds. The van der Waals surface area contributed by atoms with Gasteiger partial charge in [0.2, 0.25) is 0 Å². The van der Waals surface area contributed by atoms with E-state index >= 15 is 0 Å². The van der Waals surface area contributed by atoms with Gasteiger partial charge in [-0.1, -0.05) is 44.2 Å². The van der Waals surface area contributed by atoms with Crippen LogP contribution in [0.15, 0.2) is 53.4 Å².